The van der Waals surface area contributed by atoms with Crippen molar-refractivity contribution in [2.75, 3.05) is 6.61 Å². The molecule has 1 fully saturated rings. The first-order valence-electron chi connectivity index (χ1n) is 8.51. The molecule has 1 aliphatic rings. The summed E-state index contributed by atoms with van der Waals surface area (Å²) in [5, 5.41) is 12.0. The van der Waals surface area contributed by atoms with Gasteiger partial charge in [-0.2, -0.15) is 5.26 Å². The Morgan fingerprint density at radius 1 is 1.08 bits per heavy atom. The second-order valence-corrected chi connectivity index (χ2v) is 6.25. The Kier molecular flexibility index (Phi) is 6.70. The van der Waals surface area contributed by atoms with Crippen LogP contribution in [0.25, 0.3) is 0 Å². The van der Waals surface area contributed by atoms with E-state index in [2.05, 4.69) is 11.4 Å². The first kappa shape index (κ1) is 18.7. The Morgan fingerprint density at radius 2 is 1.76 bits per heavy atom. The molecule has 1 N–H and O–H groups in total. The van der Waals surface area contributed by atoms with Crippen molar-refractivity contribution in [1.29, 1.82) is 5.26 Å². The fourth-order valence-electron chi connectivity index (χ4n) is 2.93. The van der Waals surface area contributed by atoms with Gasteiger partial charge in [-0.05, 0) is 12.8 Å². The zero-order valence-corrected chi connectivity index (χ0v) is 14.1. The van der Waals surface area contributed by atoms with Crippen LogP contribution < -0.4 is 5.32 Å². The molecule has 2 rings (SSSR count). The number of esters is 1. The Balaban J connectivity index is 1.71. The van der Waals surface area contributed by atoms with E-state index in [4.69, 9.17) is 4.74 Å². The molecule has 6 heteroatoms. The van der Waals surface area contributed by atoms with Crippen LogP contribution in [0.3, 0.4) is 0 Å². The Labute approximate surface area is 147 Å². The first-order valence-corrected chi connectivity index (χ1v) is 8.51. The van der Waals surface area contributed by atoms with Crippen LogP contribution in [0.4, 0.5) is 0 Å². The Bertz CT molecular complexity index is 658. The Hall–Kier alpha value is -2.68. The molecule has 132 valence electrons. The van der Waals surface area contributed by atoms with Gasteiger partial charge in [-0.15, -0.1) is 0 Å². The smallest absolute Gasteiger partial charge is 0.306 e. The van der Waals surface area contributed by atoms with Gasteiger partial charge < -0.3 is 10.1 Å². The van der Waals surface area contributed by atoms with E-state index >= 15 is 0 Å². The van der Waals surface area contributed by atoms with Crippen LogP contribution >= 0.6 is 0 Å². The van der Waals surface area contributed by atoms with Gasteiger partial charge >= 0.3 is 5.97 Å². The van der Waals surface area contributed by atoms with Gasteiger partial charge in [0, 0.05) is 12.0 Å². The molecule has 0 atom stereocenters. The maximum Gasteiger partial charge on any atom is 0.306 e. The molecule has 1 aliphatic carbocycles. The summed E-state index contributed by atoms with van der Waals surface area (Å²) in [6, 6.07) is 10.9. The molecule has 1 aromatic rings. The van der Waals surface area contributed by atoms with Crippen molar-refractivity contribution in [2.45, 2.75) is 50.5 Å². The number of carbonyl (C=O) groups excluding carboxylic acids is 3. The van der Waals surface area contributed by atoms with Crippen LogP contribution in [0.5, 0.6) is 0 Å². The van der Waals surface area contributed by atoms with E-state index in [0.717, 1.165) is 19.3 Å². The zero-order valence-electron chi connectivity index (χ0n) is 14.1. The van der Waals surface area contributed by atoms with Crippen LogP contribution in [-0.4, -0.2) is 29.8 Å². The fraction of sp³-hybridized carbons (Fsp3) is 0.474. The van der Waals surface area contributed by atoms with E-state index in [1.54, 1.807) is 24.3 Å². The minimum Gasteiger partial charge on any atom is -0.456 e. The summed E-state index contributed by atoms with van der Waals surface area (Å²) in [5.74, 6) is -1.23. The summed E-state index contributed by atoms with van der Waals surface area (Å²) in [5.41, 5.74) is -0.299. The van der Waals surface area contributed by atoms with Crippen LogP contribution in [0.1, 0.15) is 55.3 Å². The molecule has 0 saturated heterocycles. The molecule has 0 heterocycles. The molecule has 1 amide bonds. The molecule has 25 heavy (non-hydrogen) atoms. The quantitative estimate of drug-likeness (QED) is 0.607. The largest absolute Gasteiger partial charge is 0.456 e. The van der Waals surface area contributed by atoms with E-state index in [9.17, 15) is 19.6 Å². The van der Waals surface area contributed by atoms with Crippen LogP contribution in [-0.2, 0) is 14.3 Å². The normalized spacial score (nSPS) is 15.6. The van der Waals surface area contributed by atoms with Crippen molar-refractivity contribution in [3.8, 4) is 6.07 Å². The van der Waals surface area contributed by atoms with Crippen molar-refractivity contribution < 1.29 is 19.1 Å². The SMILES string of the molecule is N#CC1(NC(=O)COC(=O)CCC(=O)c2ccccc2)CCCCC1. The number of nitrogens with zero attached hydrogens (tertiary/aromatic N) is 1. The van der Waals surface area contributed by atoms with Gasteiger partial charge in [0.2, 0.25) is 0 Å². The van der Waals surface area contributed by atoms with Crippen LogP contribution in [0, 0.1) is 11.3 Å². The number of nitriles is 1. The van der Waals surface area contributed by atoms with Crippen LogP contribution in [0.15, 0.2) is 30.3 Å². The first-order chi connectivity index (χ1) is 12.0. The molecule has 0 bridgehead atoms. The van der Waals surface area contributed by atoms with Crippen molar-refractivity contribution in [3.63, 3.8) is 0 Å². The van der Waals surface area contributed by atoms with Gasteiger partial charge in [-0.25, -0.2) is 0 Å². The Morgan fingerprint density at radius 3 is 2.40 bits per heavy atom. The molecule has 0 radical (unpaired) electrons. The van der Waals surface area contributed by atoms with Crippen molar-refractivity contribution in [2.24, 2.45) is 0 Å². The molecule has 0 aromatic heterocycles. The number of benzene rings is 1. The lowest BCUT2D eigenvalue weighted by atomic mass is 9.83. The number of Topliss-reactive ketones (excluding diaryl/α,β-unsaturated/α-hetero) is 1. The number of rotatable bonds is 7. The molecule has 0 spiro atoms. The lowest BCUT2D eigenvalue weighted by molar-refractivity contribution is -0.148. The number of ether oxygens (including phenoxy) is 1. The van der Waals surface area contributed by atoms with Gasteiger partial charge in [0.15, 0.2) is 12.4 Å². The standard InChI is InChI=1S/C19H22N2O4/c20-14-19(11-5-2-6-12-19)21-17(23)13-25-18(24)10-9-16(22)15-7-3-1-4-8-15/h1,3-4,7-8H,2,5-6,9-13H2,(H,21,23). The molecule has 6 nitrogen and oxygen atoms in total. The highest BCUT2D eigenvalue weighted by molar-refractivity contribution is 5.97. The van der Waals surface area contributed by atoms with Gasteiger partial charge in [0.25, 0.3) is 5.91 Å². The lowest BCUT2D eigenvalue weighted by Gasteiger charge is -2.31. The maximum absolute atomic E-state index is 11.9. The molecular weight excluding hydrogens is 320 g/mol. The van der Waals surface area contributed by atoms with E-state index in [-0.39, 0.29) is 18.6 Å². The van der Waals surface area contributed by atoms with Crippen LogP contribution in [0.2, 0.25) is 0 Å². The second kappa shape index (κ2) is 8.97. The maximum atomic E-state index is 11.9. The molecule has 1 aromatic carbocycles. The van der Waals surface area contributed by atoms with Crippen molar-refractivity contribution in [1.82, 2.24) is 5.32 Å². The number of ketones is 1. The van der Waals surface area contributed by atoms with Gasteiger partial charge in [0.05, 0.1) is 12.5 Å². The fourth-order valence-corrected chi connectivity index (χ4v) is 2.93. The highest BCUT2D eigenvalue weighted by Crippen LogP contribution is 2.27. The topological polar surface area (TPSA) is 96.3 Å². The second-order valence-electron chi connectivity index (χ2n) is 6.25. The third-order valence-electron chi connectivity index (χ3n) is 4.32. The summed E-state index contributed by atoms with van der Waals surface area (Å²) in [4.78, 5) is 35.5. The highest BCUT2D eigenvalue weighted by Gasteiger charge is 2.33. The van der Waals surface area contributed by atoms with Crippen molar-refractivity contribution in [3.05, 3.63) is 35.9 Å². The minimum absolute atomic E-state index is 0.0343. The van der Waals surface area contributed by atoms with Gasteiger partial charge in [-0.1, -0.05) is 49.6 Å². The monoisotopic (exact) mass is 342 g/mol. The van der Waals surface area contributed by atoms with Gasteiger partial charge in [0.1, 0.15) is 5.54 Å². The minimum atomic E-state index is -0.842. The number of carbonyl (C=O) groups is 3. The van der Waals surface area contributed by atoms with Gasteiger partial charge in [-0.3, -0.25) is 14.4 Å². The third-order valence-corrected chi connectivity index (χ3v) is 4.32. The van der Waals surface area contributed by atoms with E-state index in [1.807, 2.05) is 6.07 Å². The lowest BCUT2D eigenvalue weighted by Crippen LogP contribution is -2.50. The summed E-state index contributed by atoms with van der Waals surface area (Å²) in [7, 11) is 0. The number of hydrogen-bond acceptors (Lipinski definition) is 5. The molecule has 0 unspecified atom stereocenters. The summed E-state index contributed by atoms with van der Waals surface area (Å²) < 4.78 is 4.91. The number of hydrogen-bond donors (Lipinski definition) is 1. The predicted molar refractivity (Wildman–Crippen MR) is 90.5 cm³/mol. The predicted octanol–water partition coefficient (Wildman–Crippen LogP) is 2.54. The number of amides is 1. The molecule has 0 aliphatic heterocycles. The number of nitrogens with one attached hydrogen (secondary N) is 1. The van der Waals surface area contributed by atoms with E-state index < -0.39 is 24.0 Å². The van der Waals surface area contributed by atoms with Crippen molar-refractivity contribution >= 4 is 17.7 Å². The van der Waals surface area contributed by atoms with E-state index in [0.29, 0.717) is 18.4 Å². The average Bonchev–Trinajstić information content (AvgIpc) is 2.66. The average molecular weight is 342 g/mol. The molecule has 1 saturated carbocycles. The molecular formula is C19H22N2O4. The summed E-state index contributed by atoms with van der Waals surface area (Å²) in [6.45, 7) is -0.429. The highest BCUT2D eigenvalue weighted by atomic mass is 16.5. The third kappa shape index (κ3) is 5.71. The summed E-state index contributed by atoms with van der Waals surface area (Å²) in [6.07, 6.45) is 4.05. The van der Waals surface area contributed by atoms with E-state index in [1.165, 1.54) is 0 Å². The zero-order chi connectivity index (χ0) is 18.1. The summed E-state index contributed by atoms with van der Waals surface area (Å²) >= 11 is 0.